The molecule has 76 heavy (non-hydrogen) atoms. The third kappa shape index (κ3) is 16.3. The zero-order chi connectivity index (χ0) is 55.3. The van der Waals surface area contributed by atoms with E-state index < -0.39 is 75.0 Å². The van der Waals surface area contributed by atoms with Crippen molar-refractivity contribution >= 4 is 47.0 Å². The number of anilines is 2. The Labute approximate surface area is 428 Å². The van der Waals surface area contributed by atoms with Crippen molar-refractivity contribution in [1.29, 1.82) is 0 Å². The number of benzene rings is 6. The molecule has 20 heteroatoms. The molecule has 0 aliphatic heterocycles. The number of halogens is 10. The number of ketones is 2. The summed E-state index contributed by atoms with van der Waals surface area (Å²) < 4.78 is 148. The summed E-state index contributed by atoms with van der Waals surface area (Å²) in [5.74, 6) is -11.1. The molecular formula is C56H46F10N2O8. The smallest absolute Gasteiger partial charge is 0.453 e. The lowest BCUT2D eigenvalue weighted by Crippen LogP contribution is -2.36. The first-order valence-corrected chi connectivity index (χ1v) is 23.0. The molecule has 0 saturated carbocycles. The molecule has 0 fully saturated rings. The summed E-state index contributed by atoms with van der Waals surface area (Å²) in [5, 5.41) is 0. The molecule has 0 heterocycles. The molecule has 0 aromatic heterocycles. The van der Waals surface area contributed by atoms with Crippen LogP contribution in [-0.4, -0.2) is 60.9 Å². The molecule has 0 unspecified atom stereocenters. The van der Waals surface area contributed by atoms with Gasteiger partial charge in [-0.15, -0.1) is 0 Å². The molecule has 0 amide bonds. The van der Waals surface area contributed by atoms with Crippen molar-refractivity contribution in [2.45, 2.75) is 62.7 Å². The fraction of sp³-hybridized carbons (Fsp3) is 0.214. The molecule has 0 saturated heterocycles. The predicted octanol–water partition coefficient (Wildman–Crippen LogP) is 13.3. The van der Waals surface area contributed by atoms with Crippen LogP contribution in [0.15, 0.2) is 146 Å². The maximum absolute atomic E-state index is 13.4. The number of allylic oxidation sites excluding steroid dienone is 2. The van der Waals surface area contributed by atoms with Crippen molar-refractivity contribution in [3.8, 4) is 34.1 Å². The van der Waals surface area contributed by atoms with E-state index >= 15 is 0 Å². The van der Waals surface area contributed by atoms with E-state index in [0.29, 0.717) is 44.8 Å². The molecule has 4 N–H and O–H groups in total. The van der Waals surface area contributed by atoms with Gasteiger partial charge in [-0.25, -0.2) is 9.59 Å². The molecule has 6 aromatic carbocycles. The van der Waals surface area contributed by atoms with E-state index in [0.717, 1.165) is 0 Å². The van der Waals surface area contributed by atoms with Gasteiger partial charge >= 0.3 is 36.1 Å². The van der Waals surface area contributed by atoms with Crippen molar-refractivity contribution in [1.82, 2.24) is 0 Å². The summed E-state index contributed by atoms with van der Waals surface area (Å²) in [4.78, 5) is 52.3. The average Bonchev–Trinajstić information content (AvgIpc) is 3.36. The first-order valence-electron chi connectivity index (χ1n) is 23.0. The highest BCUT2D eigenvalue weighted by Gasteiger charge is 2.57. The number of hydrogen-bond acceptors (Lipinski definition) is 10. The Hall–Kier alpha value is -8.42. The molecule has 398 valence electrons. The molecule has 0 aliphatic rings. The zero-order valence-electron chi connectivity index (χ0n) is 39.9. The van der Waals surface area contributed by atoms with Gasteiger partial charge in [-0.2, -0.15) is 43.9 Å². The number of ether oxygens (including phenoxy) is 4. The SMILES string of the molecule is Nc1ccc(-c2ccc(N)cc2CC(=O)/C=C/c2ccc(C(=O)Oc3ccc(OCCCC(F)(F)C(F)(F)F)cc3)cc2)c(CC(=O)/C=C/c2ccc(C(=O)Oc3ccc(OCCCC(F)(F)C(F)(F)F)cc3)cc2)c1. The minimum absolute atomic E-state index is 0.0750. The number of alkyl halides is 10. The van der Waals surface area contributed by atoms with Crippen molar-refractivity contribution in [3.63, 3.8) is 0 Å². The Kier molecular flexibility index (Phi) is 18.5. The van der Waals surface area contributed by atoms with Crippen LogP contribution in [0.4, 0.5) is 55.3 Å². The van der Waals surface area contributed by atoms with Gasteiger partial charge in [-0.1, -0.05) is 48.6 Å². The molecule has 10 nitrogen and oxygen atoms in total. The third-order valence-corrected chi connectivity index (χ3v) is 11.2. The van der Waals surface area contributed by atoms with Gasteiger partial charge in [0.05, 0.1) is 24.3 Å². The first-order chi connectivity index (χ1) is 35.9. The Morgan fingerprint density at radius 3 is 1.09 bits per heavy atom. The highest BCUT2D eigenvalue weighted by molar-refractivity contribution is 5.99. The number of carbonyl (C=O) groups is 4. The quantitative estimate of drug-likeness (QED) is 0.0158. The number of hydrogen-bond donors (Lipinski definition) is 2. The van der Waals surface area contributed by atoms with Crippen LogP contribution < -0.4 is 30.4 Å². The van der Waals surface area contributed by atoms with Crippen LogP contribution in [0.5, 0.6) is 23.0 Å². The van der Waals surface area contributed by atoms with Gasteiger partial charge in [0.1, 0.15) is 23.0 Å². The summed E-state index contributed by atoms with van der Waals surface area (Å²) in [6, 6.07) is 33.4. The normalized spacial score (nSPS) is 12.2. The van der Waals surface area contributed by atoms with Crippen LogP contribution in [0, 0.1) is 0 Å². The second-order valence-electron chi connectivity index (χ2n) is 17.1. The molecule has 0 bridgehead atoms. The predicted molar refractivity (Wildman–Crippen MR) is 263 cm³/mol. The topological polar surface area (TPSA) is 157 Å². The lowest BCUT2D eigenvalue weighted by molar-refractivity contribution is -0.284. The monoisotopic (exact) mass is 1060 g/mol. The van der Waals surface area contributed by atoms with E-state index in [-0.39, 0.29) is 58.5 Å². The number of carbonyl (C=O) groups excluding carboxylic acids is 4. The summed E-state index contributed by atoms with van der Waals surface area (Å²) in [6.07, 6.45) is -9.53. The second kappa shape index (κ2) is 24.7. The molecule has 0 aliphatic carbocycles. The van der Waals surface area contributed by atoms with E-state index in [2.05, 4.69) is 0 Å². The van der Waals surface area contributed by atoms with E-state index in [1.807, 2.05) is 0 Å². The van der Waals surface area contributed by atoms with Crippen LogP contribution >= 0.6 is 0 Å². The number of nitrogen functional groups attached to an aromatic ring is 2. The van der Waals surface area contributed by atoms with E-state index in [1.54, 1.807) is 72.8 Å². The molecule has 6 aromatic rings. The van der Waals surface area contributed by atoms with Gasteiger partial charge in [0.15, 0.2) is 11.6 Å². The largest absolute Gasteiger partial charge is 0.494 e. The van der Waals surface area contributed by atoms with Crippen molar-refractivity contribution in [2.24, 2.45) is 0 Å². The van der Waals surface area contributed by atoms with E-state index in [9.17, 15) is 63.1 Å². The summed E-state index contributed by atoms with van der Waals surface area (Å²) >= 11 is 0. The Bertz CT molecular complexity index is 2840. The van der Waals surface area contributed by atoms with Crippen molar-refractivity contribution in [3.05, 3.63) is 179 Å². The van der Waals surface area contributed by atoms with E-state index in [4.69, 9.17) is 30.4 Å². The Balaban J connectivity index is 0.995. The molecule has 6 rings (SSSR count). The third-order valence-electron chi connectivity index (χ3n) is 11.2. The van der Waals surface area contributed by atoms with Gasteiger partial charge in [0, 0.05) is 37.1 Å². The molecular weight excluding hydrogens is 1020 g/mol. The molecule has 0 spiro atoms. The molecule has 0 radical (unpaired) electrons. The van der Waals surface area contributed by atoms with Crippen LogP contribution in [0.3, 0.4) is 0 Å². The molecule has 0 atom stereocenters. The van der Waals surface area contributed by atoms with Gasteiger partial charge in [-0.3, -0.25) is 9.59 Å². The summed E-state index contributed by atoms with van der Waals surface area (Å²) in [7, 11) is 0. The van der Waals surface area contributed by atoms with Crippen LogP contribution in [0.1, 0.15) is 68.7 Å². The summed E-state index contributed by atoms with van der Waals surface area (Å²) in [6.45, 7) is -0.783. The van der Waals surface area contributed by atoms with Gasteiger partial charge < -0.3 is 30.4 Å². The minimum Gasteiger partial charge on any atom is -0.494 e. The Morgan fingerprint density at radius 2 is 0.763 bits per heavy atom. The summed E-state index contributed by atoms with van der Waals surface area (Å²) in [5.41, 5.74) is 17.0. The maximum Gasteiger partial charge on any atom is 0.453 e. The van der Waals surface area contributed by atoms with Crippen molar-refractivity contribution in [2.75, 3.05) is 24.7 Å². The van der Waals surface area contributed by atoms with Gasteiger partial charge in [0.25, 0.3) is 0 Å². The van der Waals surface area contributed by atoms with Crippen LogP contribution in [-0.2, 0) is 22.4 Å². The highest BCUT2D eigenvalue weighted by Crippen LogP contribution is 2.40. The van der Waals surface area contributed by atoms with Gasteiger partial charge in [-0.05, 0) is 155 Å². The first kappa shape index (κ1) is 56.9. The fourth-order valence-electron chi connectivity index (χ4n) is 7.17. The Morgan fingerprint density at radius 1 is 0.434 bits per heavy atom. The van der Waals surface area contributed by atoms with Crippen LogP contribution in [0.2, 0.25) is 0 Å². The number of esters is 2. The van der Waals surface area contributed by atoms with E-state index in [1.165, 1.54) is 84.9 Å². The average molecular weight is 1060 g/mol. The standard InChI is InChI=1S/C56H46F10N2O8/c57-53(58,55(61,62)63)27-1-29-73-45-17-21-47(22-18-45)75-51(71)37-9-3-35(4-10-37)7-15-43(69)33-39-31-41(67)13-25-49(39)50-26-14-42(68)32-40(50)34-44(70)16-8-36-5-11-38(12-6-36)52(72)76-48-23-19-46(20-24-48)74-30-2-28-54(59,60)56(64,65)66/h3-26,31-32H,1-2,27-30,33-34,67-68H2/b15-7+,16-8+. The lowest BCUT2D eigenvalue weighted by atomic mass is 9.90. The fourth-order valence-corrected chi connectivity index (χ4v) is 7.17. The second-order valence-corrected chi connectivity index (χ2v) is 17.1. The van der Waals surface area contributed by atoms with Gasteiger partial charge in [0.2, 0.25) is 0 Å². The maximum atomic E-state index is 13.4. The number of rotatable bonds is 23. The van der Waals surface area contributed by atoms with Crippen LogP contribution in [0.25, 0.3) is 23.3 Å². The zero-order valence-corrected chi connectivity index (χ0v) is 39.9. The lowest BCUT2D eigenvalue weighted by Gasteiger charge is -2.19. The van der Waals surface area contributed by atoms with Crippen molar-refractivity contribution < 1.29 is 82.0 Å². The number of nitrogens with two attached hydrogens (primary N) is 2. The highest BCUT2D eigenvalue weighted by atomic mass is 19.4. The minimum atomic E-state index is -5.64.